The van der Waals surface area contributed by atoms with Crippen molar-refractivity contribution in [1.82, 2.24) is 0 Å². The normalized spacial score (nSPS) is 15.1. The van der Waals surface area contributed by atoms with Crippen LogP contribution in [0.2, 0.25) is 5.02 Å². The Morgan fingerprint density at radius 1 is 1.10 bits per heavy atom. The molecule has 1 N–H and O–H groups in total. The molecule has 1 aromatic heterocycles. The molecule has 0 bridgehead atoms. The monoisotopic (exact) mass is 808 g/mol. The number of aliphatic imine (C=N–C) groups is 1. The Labute approximate surface area is 278 Å². The lowest BCUT2D eigenvalue weighted by molar-refractivity contribution is 0.102. The molecular weight excluding hydrogens is 778 g/mol. The van der Waals surface area contributed by atoms with Crippen LogP contribution < -0.4 is 10.1 Å². The Kier molecular flexibility index (Phi) is 9.78. The number of anilines is 1. The van der Waals surface area contributed by atoms with Crippen molar-refractivity contribution >= 4 is 90.9 Å². The lowest BCUT2D eigenvalue weighted by atomic mass is 9.72. The van der Waals surface area contributed by atoms with Gasteiger partial charge in [-0.3, -0.25) is 4.79 Å². The largest absolute Gasteiger partial charge is 0.487 e. The average Bonchev–Trinajstić information content (AvgIpc) is 3.30. The minimum atomic E-state index is -0.0949. The van der Waals surface area contributed by atoms with E-state index in [2.05, 4.69) is 83.4 Å². The number of benzene rings is 3. The molecule has 0 spiro atoms. The van der Waals surface area contributed by atoms with E-state index in [-0.39, 0.29) is 11.3 Å². The molecule has 0 saturated carbocycles. The zero-order valence-electron chi connectivity index (χ0n) is 23.1. The third kappa shape index (κ3) is 7.35. The van der Waals surface area contributed by atoms with Crippen molar-refractivity contribution in [2.45, 2.75) is 46.6 Å². The Morgan fingerprint density at radius 3 is 2.46 bits per heavy atom. The van der Waals surface area contributed by atoms with Crippen molar-refractivity contribution < 1.29 is 9.53 Å². The van der Waals surface area contributed by atoms with Crippen molar-refractivity contribution in [3.8, 4) is 5.75 Å². The zero-order valence-corrected chi connectivity index (χ0v) is 29.0. The maximum absolute atomic E-state index is 13.6. The molecule has 0 radical (unpaired) electrons. The molecule has 41 heavy (non-hydrogen) atoms. The molecule has 1 heterocycles. The molecule has 1 aliphatic rings. The highest BCUT2D eigenvalue weighted by Crippen LogP contribution is 2.45. The van der Waals surface area contributed by atoms with Crippen LogP contribution in [-0.4, -0.2) is 12.1 Å². The van der Waals surface area contributed by atoms with Gasteiger partial charge in [-0.15, -0.1) is 11.3 Å². The van der Waals surface area contributed by atoms with Crippen molar-refractivity contribution in [2.24, 2.45) is 16.3 Å². The van der Waals surface area contributed by atoms with Crippen LogP contribution in [0, 0.1) is 18.5 Å². The number of carbonyl (C=O) groups is 1. The molecule has 5 rings (SSSR count). The summed E-state index contributed by atoms with van der Waals surface area (Å²) < 4.78 is 8.14. The van der Waals surface area contributed by atoms with Gasteiger partial charge in [-0.25, -0.2) is 4.99 Å². The van der Waals surface area contributed by atoms with Crippen LogP contribution in [0.15, 0.2) is 71.7 Å². The zero-order chi connectivity index (χ0) is 29.1. The van der Waals surface area contributed by atoms with Crippen LogP contribution >= 0.6 is 68.1 Å². The summed E-state index contributed by atoms with van der Waals surface area (Å²) in [6.07, 6.45) is 4.82. The molecule has 0 fully saturated rings. The van der Waals surface area contributed by atoms with E-state index in [4.69, 9.17) is 21.3 Å². The predicted octanol–water partition coefficient (Wildman–Crippen LogP) is 10.3. The van der Waals surface area contributed by atoms with Gasteiger partial charge in [0.1, 0.15) is 17.4 Å². The third-order valence-electron chi connectivity index (χ3n) is 7.41. The van der Waals surface area contributed by atoms with Crippen molar-refractivity contribution in [3.63, 3.8) is 0 Å². The minimum absolute atomic E-state index is 0.0949. The number of carbonyl (C=O) groups excluding carboxylic acids is 1. The first-order valence-electron chi connectivity index (χ1n) is 13.5. The molecule has 4 nitrogen and oxygen atoms in total. The second kappa shape index (κ2) is 13.1. The number of hydrogen-bond donors (Lipinski definition) is 1. The van der Waals surface area contributed by atoms with Gasteiger partial charge in [-0.05, 0) is 117 Å². The number of hydrogen-bond acceptors (Lipinski definition) is 4. The summed E-state index contributed by atoms with van der Waals surface area (Å²) in [4.78, 5) is 19.8. The Bertz CT molecular complexity index is 1570. The van der Waals surface area contributed by atoms with Gasteiger partial charge >= 0.3 is 0 Å². The summed E-state index contributed by atoms with van der Waals surface area (Å²) in [6, 6.07) is 21.4. The van der Waals surface area contributed by atoms with Crippen LogP contribution in [0.1, 0.15) is 59.1 Å². The molecule has 212 valence electrons. The van der Waals surface area contributed by atoms with Crippen LogP contribution in [0.4, 0.5) is 10.7 Å². The van der Waals surface area contributed by atoms with E-state index in [0.717, 1.165) is 59.5 Å². The second-order valence-corrected chi connectivity index (χ2v) is 15.1. The van der Waals surface area contributed by atoms with Gasteiger partial charge in [0.2, 0.25) is 0 Å². The summed E-state index contributed by atoms with van der Waals surface area (Å²) in [5.74, 6) is 1.31. The SMILES string of the molecule is CC(C)(C)[C@H]1CCc2c(sc(N=Cc3cc(I)c(OCc4ccccc4Cl)c(I)c3)c2C(=O)Nc2ccccc2)C1. The summed E-state index contributed by atoms with van der Waals surface area (Å²) in [6.45, 7) is 7.32. The van der Waals surface area contributed by atoms with E-state index in [9.17, 15) is 4.79 Å². The van der Waals surface area contributed by atoms with E-state index >= 15 is 0 Å². The highest BCUT2D eigenvalue weighted by molar-refractivity contribution is 14.1. The number of amides is 1. The lowest BCUT2D eigenvalue weighted by Crippen LogP contribution is -2.27. The lowest BCUT2D eigenvalue weighted by Gasteiger charge is -2.33. The van der Waals surface area contributed by atoms with E-state index in [1.807, 2.05) is 60.8 Å². The Hall–Kier alpha value is -1.95. The molecule has 8 heteroatoms. The summed E-state index contributed by atoms with van der Waals surface area (Å²) in [5, 5.41) is 4.56. The van der Waals surface area contributed by atoms with E-state index in [0.29, 0.717) is 23.1 Å². The van der Waals surface area contributed by atoms with Gasteiger partial charge in [-0.2, -0.15) is 0 Å². The van der Waals surface area contributed by atoms with Gasteiger partial charge in [0.15, 0.2) is 0 Å². The molecule has 1 aliphatic carbocycles. The highest BCUT2D eigenvalue weighted by atomic mass is 127. The molecule has 4 aromatic rings. The quantitative estimate of drug-likeness (QED) is 0.149. The smallest absolute Gasteiger partial charge is 0.259 e. The van der Waals surface area contributed by atoms with Crippen molar-refractivity contribution in [1.29, 1.82) is 0 Å². The number of rotatable bonds is 7. The Balaban J connectivity index is 1.42. The Morgan fingerprint density at radius 2 is 1.78 bits per heavy atom. The molecule has 0 aliphatic heterocycles. The standard InChI is InChI=1S/C33H31ClI2N2O2S/c1-33(2,3)22-13-14-24-28(17-22)41-32(29(24)31(39)38-23-10-5-4-6-11-23)37-18-20-15-26(35)30(27(36)16-20)40-19-21-9-7-8-12-25(21)34/h4-12,15-16,18,22H,13-14,17,19H2,1-3H3,(H,38,39)/t22-/m0/s1. The number of nitrogens with one attached hydrogen (secondary N) is 1. The van der Waals surface area contributed by atoms with Gasteiger partial charge in [0, 0.05) is 27.4 Å². The molecular formula is C33H31ClI2N2O2S. The van der Waals surface area contributed by atoms with Crippen LogP contribution in [0.25, 0.3) is 0 Å². The third-order valence-corrected chi connectivity index (χ3v) is 10.5. The molecule has 1 amide bonds. The number of ether oxygens (including phenoxy) is 1. The first-order valence-corrected chi connectivity index (χ1v) is 16.9. The van der Waals surface area contributed by atoms with E-state index in [1.54, 1.807) is 11.3 Å². The number of thiophene rings is 1. The molecule has 1 atom stereocenters. The van der Waals surface area contributed by atoms with Crippen LogP contribution in [0.3, 0.4) is 0 Å². The first-order chi connectivity index (χ1) is 19.6. The number of nitrogens with zero attached hydrogens (tertiary/aromatic N) is 1. The number of para-hydroxylation sites is 1. The maximum Gasteiger partial charge on any atom is 0.259 e. The summed E-state index contributed by atoms with van der Waals surface area (Å²) >= 11 is 12.6. The fraction of sp³-hybridized carbons (Fsp3) is 0.273. The minimum Gasteiger partial charge on any atom is -0.487 e. The number of fused-ring (bicyclic) bond motifs is 1. The second-order valence-electron chi connectivity index (χ2n) is 11.3. The van der Waals surface area contributed by atoms with Gasteiger partial charge in [0.25, 0.3) is 5.91 Å². The summed E-state index contributed by atoms with van der Waals surface area (Å²) in [7, 11) is 0. The van der Waals surface area contributed by atoms with Gasteiger partial charge < -0.3 is 10.1 Å². The predicted molar refractivity (Wildman–Crippen MR) is 189 cm³/mol. The van der Waals surface area contributed by atoms with Crippen LogP contribution in [-0.2, 0) is 19.4 Å². The molecule has 3 aromatic carbocycles. The van der Waals surface area contributed by atoms with E-state index < -0.39 is 0 Å². The van der Waals surface area contributed by atoms with Gasteiger partial charge in [-0.1, -0.05) is 68.8 Å². The van der Waals surface area contributed by atoms with Crippen molar-refractivity contribution in [3.05, 3.63) is 106 Å². The van der Waals surface area contributed by atoms with E-state index in [1.165, 1.54) is 4.88 Å². The summed E-state index contributed by atoms with van der Waals surface area (Å²) in [5.41, 5.74) is 4.78. The topological polar surface area (TPSA) is 50.7 Å². The van der Waals surface area contributed by atoms with Gasteiger partial charge in [0.05, 0.1) is 12.7 Å². The molecule has 0 saturated heterocycles. The number of halogens is 3. The fourth-order valence-corrected chi connectivity index (χ4v) is 8.63. The first kappa shape index (κ1) is 30.5. The van der Waals surface area contributed by atoms with Crippen molar-refractivity contribution in [2.75, 3.05) is 5.32 Å². The van der Waals surface area contributed by atoms with Crippen LogP contribution in [0.5, 0.6) is 5.75 Å². The fourth-order valence-electron chi connectivity index (χ4n) is 5.04. The molecule has 0 unspecified atom stereocenters. The highest BCUT2D eigenvalue weighted by Gasteiger charge is 2.33. The average molecular weight is 809 g/mol. The maximum atomic E-state index is 13.6.